The van der Waals surface area contributed by atoms with Gasteiger partial charge in [-0.25, -0.2) is 0 Å². The van der Waals surface area contributed by atoms with Crippen LogP contribution in [0.15, 0.2) is 0 Å². The molecule has 1 atom stereocenters. The Morgan fingerprint density at radius 2 is 1.65 bits per heavy atom. The maximum Gasteiger partial charge on any atom is 0.473 e. The minimum atomic E-state index is -1.37. The summed E-state index contributed by atoms with van der Waals surface area (Å²) in [7, 11) is -1.37. The maximum atomic E-state index is 11.6. The van der Waals surface area contributed by atoms with Gasteiger partial charge in [-0.15, -0.1) is 0 Å². The summed E-state index contributed by atoms with van der Waals surface area (Å²) in [6, 6.07) is 0. The van der Waals surface area contributed by atoms with Gasteiger partial charge in [0.1, 0.15) is 5.60 Å². The average molecular weight is 289 g/mol. The molecule has 0 bridgehead atoms. The van der Waals surface area contributed by atoms with Crippen molar-refractivity contribution in [2.75, 3.05) is 0 Å². The summed E-state index contributed by atoms with van der Waals surface area (Å²) in [5.41, 5.74) is 2.94. The summed E-state index contributed by atoms with van der Waals surface area (Å²) in [6.07, 6.45) is -0.166. The lowest BCUT2D eigenvalue weighted by Crippen LogP contribution is -2.55. The topological polar surface area (TPSA) is 102 Å². The second-order valence-electron chi connectivity index (χ2n) is 7.03. The first-order valence-corrected chi connectivity index (χ1v) is 6.71. The fourth-order valence-electron chi connectivity index (χ4n) is 1.21. The van der Waals surface area contributed by atoms with Crippen LogP contribution in [0.25, 0.3) is 0 Å². The average Bonchev–Trinajstić information content (AvgIpc) is 2.11. The van der Waals surface area contributed by atoms with Gasteiger partial charge in [-0.05, 0) is 48.5 Å². The molecule has 4 N–H and O–H groups in total. The highest BCUT2D eigenvalue weighted by Gasteiger charge is 2.41. The lowest BCUT2D eigenvalue weighted by atomic mass is 9.75. The fraction of sp³-hybridized carbons (Fsp3) is 0.923. The number of hydrogen-bond acceptors (Lipinski definition) is 6. The zero-order chi connectivity index (χ0) is 16.4. The SMILES string of the molecule is CC(C)(C)OC(=O)CC(N)B(O)OC(C)(C)C(C)(C)O. The lowest BCUT2D eigenvalue weighted by molar-refractivity contribution is -0.155. The van der Waals surface area contributed by atoms with E-state index in [-0.39, 0.29) is 6.42 Å². The predicted octanol–water partition coefficient (Wildman–Crippen LogP) is 0.631. The Labute approximate surface area is 121 Å². The second kappa shape index (κ2) is 6.43. The van der Waals surface area contributed by atoms with Crippen molar-refractivity contribution in [3.8, 4) is 0 Å². The minimum absolute atomic E-state index is 0.166. The highest BCUT2D eigenvalue weighted by atomic mass is 16.6. The molecule has 0 radical (unpaired) electrons. The summed E-state index contributed by atoms with van der Waals surface area (Å²) in [4.78, 5) is 11.6. The van der Waals surface area contributed by atoms with Crippen LogP contribution in [-0.2, 0) is 14.2 Å². The second-order valence-corrected chi connectivity index (χ2v) is 7.03. The molecule has 0 aliphatic rings. The van der Waals surface area contributed by atoms with E-state index in [1.807, 2.05) is 0 Å². The van der Waals surface area contributed by atoms with Crippen LogP contribution in [0.4, 0.5) is 0 Å². The third kappa shape index (κ3) is 6.70. The summed E-state index contributed by atoms with van der Waals surface area (Å²) < 4.78 is 10.5. The van der Waals surface area contributed by atoms with Crippen LogP contribution in [0, 0.1) is 0 Å². The number of nitrogens with two attached hydrogens (primary N) is 1. The highest BCUT2D eigenvalue weighted by molar-refractivity contribution is 6.45. The van der Waals surface area contributed by atoms with Crippen LogP contribution in [0.5, 0.6) is 0 Å². The van der Waals surface area contributed by atoms with Crippen molar-refractivity contribution in [2.24, 2.45) is 5.73 Å². The molecule has 7 heteroatoms. The van der Waals surface area contributed by atoms with Crippen molar-refractivity contribution in [3.63, 3.8) is 0 Å². The van der Waals surface area contributed by atoms with Gasteiger partial charge in [-0.3, -0.25) is 4.79 Å². The number of esters is 1. The van der Waals surface area contributed by atoms with Crippen molar-refractivity contribution in [3.05, 3.63) is 0 Å². The van der Waals surface area contributed by atoms with Crippen LogP contribution in [0.3, 0.4) is 0 Å². The van der Waals surface area contributed by atoms with Crippen LogP contribution in [-0.4, -0.2) is 46.0 Å². The molecule has 0 aromatic rings. The van der Waals surface area contributed by atoms with Crippen molar-refractivity contribution in [2.45, 2.75) is 77.6 Å². The molecule has 0 aromatic heterocycles. The lowest BCUT2D eigenvalue weighted by Gasteiger charge is -2.39. The Bertz CT molecular complexity index is 333. The quantitative estimate of drug-likeness (QED) is 0.489. The molecule has 0 saturated heterocycles. The number of rotatable bonds is 6. The van der Waals surface area contributed by atoms with E-state index in [4.69, 9.17) is 15.1 Å². The zero-order valence-corrected chi connectivity index (χ0v) is 13.6. The summed E-state index contributed by atoms with van der Waals surface area (Å²) in [5.74, 6) is -1.43. The van der Waals surface area contributed by atoms with Crippen LogP contribution < -0.4 is 5.73 Å². The van der Waals surface area contributed by atoms with Crippen molar-refractivity contribution in [1.29, 1.82) is 0 Å². The normalized spacial score (nSPS) is 14.9. The van der Waals surface area contributed by atoms with E-state index in [0.29, 0.717) is 0 Å². The molecule has 6 nitrogen and oxygen atoms in total. The summed E-state index contributed by atoms with van der Waals surface area (Å²) in [6.45, 7) is 11.7. The van der Waals surface area contributed by atoms with E-state index < -0.39 is 35.8 Å². The Kier molecular flexibility index (Phi) is 6.23. The number of hydrogen-bond donors (Lipinski definition) is 3. The zero-order valence-electron chi connectivity index (χ0n) is 13.6. The van der Waals surface area contributed by atoms with Gasteiger partial charge in [0.25, 0.3) is 0 Å². The van der Waals surface area contributed by atoms with Gasteiger partial charge < -0.3 is 25.3 Å². The van der Waals surface area contributed by atoms with Crippen molar-refractivity contribution < 1.29 is 24.3 Å². The van der Waals surface area contributed by atoms with Gasteiger partial charge in [0.05, 0.1) is 17.6 Å². The molecular formula is C13H28BNO5. The summed E-state index contributed by atoms with van der Waals surface area (Å²) in [5, 5.41) is 19.8. The Balaban J connectivity index is 4.50. The first-order chi connectivity index (χ1) is 8.66. The van der Waals surface area contributed by atoms with E-state index >= 15 is 0 Å². The molecule has 0 heterocycles. The molecule has 0 aromatic carbocycles. The molecule has 0 aliphatic heterocycles. The van der Waals surface area contributed by atoms with E-state index in [1.165, 1.54) is 0 Å². The molecule has 0 fully saturated rings. The maximum absolute atomic E-state index is 11.6. The molecule has 0 rings (SSSR count). The van der Waals surface area contributed by atoms with E-state index in [0.717, 1.165) is 0 Å². The number of carbonyl (C=O) groups is 1. The largest absolute Gasteiger partial charge is 0.473 e. The fourth-order valence-corrected chi connectivity index (χ4v) is 1.21. The number of carbonyl (C=O) groups excluding carboxylic acids is 1. The van der Waals surface area contributed by atoms with Crippen molar-refractivity contribution >= 4 is 13.1 Å². The molecular weight excluding hydrogens is 261 g/mol. The predicted molar refractivity (Wildman–Crippen MR) is 77.9 cm³/mol. The van der Waals surface area contributed by atoms with Gasteiger partial charge in [-0.1, -0.05) is 0 Å². The van der Waals surface area contributed by atoms with Crippen LogP contribution >= 0.6 is 0 Å². The van der Waals surface area contributed by atoms with Gasteiger partial charge in [0.2, 0.25) is 0 Å². The Morgan fingerprint density at radius 1 is 1.20 bits per heavy atom. The van der Waals surface area contributed by atoms with E-state index in [1.54, 1.807) is 48.5 Å². The smallest absolute Gasteiger partial charge is 0.460 e. The van der Waals surface area contributed by atoms with Crippen LogP contribution in [0.1, 0.15) is 54.9 Å². The van der Waals surface area contributed by atoms with Gasteiger partial charge in [0.15, 0.2) is 0 Å². The molecule has 20 heavy (non-hydrogen) atoms. The summed E-state index contributed by atoms with van der Waals surface area (Å²) >= 11 is 0. The molecule has 0 amide bonds. The molecule has 1 unspecified atom stereocenters. The van der Waals surface area contributed by atoms with Gasteiger partial charge in [-0.2, -0.15) is 0 Å². The standard InChI is InChI=1S/C13H28BNO5/c1-11(2,3)19-10(16)8-9(15)14(18)20-13(6,7)12(4,5)17/h9,17-18H,8,15H2,1-7H3. The first kappa shape index (κ1) is 19.4. The number of ether oxygens (including phenoxy) is 1. The molecule has 118 valence electrons. The third-order valence-electron chi connectivity index (χ3n) is 3.08. The monoisotopic (exact) mass is 289 g/mol. The third-order valence-corrected chi connectivity index (χ3v) is 3.08. The molecule has 0 spiro atoms. The van der Waals surface area contributed by atoms with E-state index in [9.17, 15) is 14.9 Å². The Morgan fingerprint density at radius 3 is 2.00 bits per heavy atom. The first-order valence-electron chi connectivity index (χ1n) is 6.71. The number of aliphatic hydroxyl groups is 1. The van der Waals surface area contributed by atoms with Gasteiger partial charge in [0, 0.05) is 5.94 Å². The van der Waals surface area contributed by atoms with Crippen LogP contribution in [0.2, 0.25) is 0 Å². The minimum Gasteiger partial charge on any atom is -0.460 e. The van der Waals surface area contributed by atoms with Crippen molar-refractivity contribution in [1.82, 2.24) is 0 Å². The Hall–Kier alpha value is -0.625. The molecule has 0 saturated carbocycles. The highest BCUT2D eigenvalue weighted by Crippen LogP contribution is 2.26. The molecule has 0 aliphatic carbocycles. The van der Waals surface area contributed by atoms with Gasteiger partial charge >= 0.3 is 13.1 Å². The van der Waals surface area contributed by atoms with E-state index in [2.05, 4.69) is 0 Å².